The van der Waals surface area contributed by atoms with Crippen molar-refractivity contribution in [2.45, 2.75) is 18.9 Å². The lowest BCUT2D eigenvalue weighted by molar-refractivity contribution is 0.364. The van der Waals surface area contributed by atoms with Crippen LogP contribution in [0.15, 0.2) is 71.7 Å². The van der Waals surface area contributed by atoms with E-state index in [1.54, 1.807) is 16.8 Å². The van der Waals surface area contributed by atoms with Gasteiger partial charge in [0.2, 0.25) is 0 Å². The average Bonchev–Trinajstić information content (AvgIpc) is 2.81. The summed E-state index contributed by atoms with van der Waals surface area (Å²) in [7, 11) is 0. The number of phenolic OH excluding ortho intramolecular Hbond substituents is 1. The molecule has 0 aliphatic carbocycles. The molecule has 5 rings (SSSR count). The summed E-state index contributed by atoms with van der Waals surface area (Å²) in [6.45, 7) is 1.67. The lowest BCUT2D eigenvalue weighted by Crippen LogP contribution is -2.37. The Kier molecular flexibility index (Phi) is 4.92. The zero-order valence-electron chi connectivity index (χ0n) is 17.1. The quantitative estimate of drug-likeness (QED) is 0.474. The smallest absolute Gasteiger partial charge is 0.293 e. The van der Waals surface area contributed by atoms with Crippen molar-refractivity contribution in [3.05, 3.63) is 77.2 Å². The summed E-state index contributed by atoms with van der Waals surface area (Å²) in [5.41, 5.74) is 8.72. The number of fused-ring (bicyclic) bond motifs is 1. The van der Waals surface area contributed by atoms with Crippen molar-refractivity contribution in [3.63, 3.8) is 0 Å². The third-order valence-corrected chi connectivity index (χ3v) is 5.98. The molecule has 1 unspecified atom stereocenters. The highest BCUT2D eigenvalue weighted by Crippen LogP contribution is 2.34. The topological polar surface area (TPSA) is 93.2 Å². The van der Waals surface area contributed by atoms with Gasteiger partial charge in [0, 0.05) is 24.3 Å². The van der Waals surface area contributed by atoms with E-state index in [4.69, 9.17) is 5.73 Å². The molecule has 1 aliphatic rings. The molecule has 4 aromatic rings. The summed E-state index contributed by atoms with van der Waals surface area (Å²) in [5.74, 6) is 0.0435. The van der Waals surface area contributed by atoms with Crippen LogP contribution in [0, 0.1) is 0 Å². The number of rotatable bonds is 3. The summed E-state index contributed by atoms with van der Waals surface area (Å²) >= 11 is 0. The van der Waals surface area contributed by atoms with E-state index in [1.807, 2.05) is 24.3 Å². The fraction of sp³-hybridized carbons (Fsp3) is 0.200. The average molecular weight is 412 g/mol. The van der Waals surface area contributed by atoms with Gasteiger partial charge < -0.3 is 20.7 Å². The second-order valence-electron chi connectivity index (χ2n) is 8.02. The molecule has 6 nitrogen and oxygen atoms in total. The summed E-state index contributed by atoms with van der Waals surface area (Å²) in [4.78, 5) is 16.9. The SMILES string of the molecule is Nc1nc(-c2cc(-c3ccc4ccccc4c3)ccc2O)cn(C2CCCNC2)c1=O. The fourth-order valence-corrected chi connectivity index (χ4v) is 4.29. The largest absolute Gasteiger partial charge is 0.507 e. The van der Waals surface area contributed by atoms with E-state index in [9.17, 15) is 9.90 Å². The van der Waals surface area contributed by atoms with Crippen molar-refractivity contribution in [3.8, 4) is 28.1 Å². The number of hydrogen-bond acceptors (Lipinski definition) is 5. The van der Waals surface area contributed by atoms with Gasteiger partial charge in [0.15, 0.2) is 5.82 Å². The second-order valence-corrected chi connectivity index (χ2v) is 8.02. The molecular formula is C25H24N4O2. The predicted molar refractivity (Wildman–Crippen MR) is 124 cm³/mol. The number of aromatic hydroxyl groups is 1. The molecule has 1 aliphatic heterocycles. The molecule has 6 heteroatoms. The van der Waals surface area contributed by atoms with E-state index in [0.29, 0.717) is 17.8 Å². The number of nitrogens with two attached hydrogens (primary N) is 1. The number of piperidine rings is 1. The number of anilines is 1. The van der Waals surface area contributed by atoms with Crippen LogP contribution in [-0.2, 0) is 0 Å². The molecular weight excluding hydrogens is 388 g/mol. The summed E-state index contributed by atoms with van der Waals surface area (Å²) in [6.07, 6.45) is 3.62. The monoisotopic (exact) mass is 412 g/mol. The highest BCUT2D eigenvalue weighted by Gasteiger charge is 2.20. The molecule has 4 N–H and O–H groups in total. The summed E-state index contributed by atoms with van der Waals surface area (Å²) in [5, 5.41) is 16.2. The maximum absolute atomic E-state index is 12.6. The maximum Gasteiger partial charge on any atom is 0.293 e. The number of nitrogen functional groups attached to an aromatic ring is 1. The molecule has 0 spiro atoms. The van der Waals surface area contributed by atoms with Crippen LogP contribution in [0.1, 0.15) is 18.9 Å². The van der Waals surface area contributed by atoms with Gasteiger partial charge in [-0.25, -0.2) is 4.98 Å². The predicted octanol–water partition coefficient (Wildman–Crippen LogP) is 3.94. The van der Waals surface area contributed by atoms with Gasteiger partial charge in [0.1, 0.15) is 5.75 Å². The third kappa shape index (κ3) is 3.66. The normalized spacial score (nSPS) is 16.5. The van der Waals surface area contributed by atoms with E-state index in [2.05, 4.69) is 40.6 Å². The van der Waals surface area contributed by atoms with Crippen LogP contribution in [-0.4, -0.2) is 27.7 Å². The Morgan fingerprint density at radius 2 is 1.81 bits per heavy atom. The molecule has 0 saturated carbocycles. The van der Waals surface area contributed by atoms with Gasteiger partial charge in [-0.2, -0.15) is 0 Å². The van der Waals surface area contributed by atoms with Gasteiger partial charge >= 0.3 is 0 Å². The van der Waals surface area contributed by atoms with Crippen molar-refractivity contribution < 1.29 is 5.11 Å². The zero-order chi connectivity index (χ0) is 21.4. The second kappa shape index (κ2) is 7.89. The Morgan fingerprint density at radius 1 is 1.03 bits per heavy atom. The van der Waals surface area contributed by atoms with Gasteiger partial charge in [-0.3, -0.25) is 4.79 Å². The molecule has 1 saturated heterocycles. The summed E-state index contributed by atoms with van der Waals surface area (Å²) in [6, 6.07) is 19.9. The van der Waals surface area contributed by atoms with E-state index < -0.39 is 0 Å². The molecule has 0 radical (unpaired) electrons. The van der Waals surface area contributed by atoms with E-state index in [1.165, 1.54) is 5.39 Å². The van der Waals surface area contributed by atoms with Gasteiger partial charge in [0.05, 0.1) is 5.69 Å². The number of aromatic nitrogens is 2. The van der Waals surface area contributed by atoms with Gasteiger partial charge in [-0.05, 0) is 59.5 Å². The highest BCUT2D eigenvalue weighted by atomic mass is 16.3. The Balaban J connectivity index is 1.60. The van der Waals surface area contributed by atoms with E-state index >= 15 is 0 Å². The number of hydrogen-bond donors (Lipinski definition) is 3. The van der Waals surface area contributed by atoms with Gasteiger partial charge in [-0.15, -0.1) is 0 Å². The van der Waals surface area contributed by atoms with Crippen molar-refractivity contribution in [2.24, 2.45) is 0 Å². The number of phenols is 1. The first-order chi connectivity index (χ1) is 15.1. The van der Waals surface area contributed by atoms with Crippen LogP contribution in [0.5, 0.6) is 5.75 Å². The zero-order valence-corrected chi connectivity index (χ0v) is 17.1. The van der Waals surface area contributed by atoms with Gasteiger partial charge in [0.25, 0.3) is 5.56 Å². The molecule has 156 valence electrons. The number of benzene rings is 3. The first kappa shape index (κ1) is 19.3. The van der Waals surface area contributed by atoms with Crippen molar-refractivity contribution in [2.75, 3.05) is 18.8 Å². The van der Waals surface area contributed by atoms with E-state index in [-0.39, 0.29) is 23.2 Å². The van der Waals surface area contributed by atoms with Crippen molar-refractivity contribution >= 4 is 16.6 Å². The minimum atomic E-state index is -0.289. The first-order valence-corrected chi connectivity index (χ1v) is 10.5. The molecule has 0 amide bonds. The van der Waals surface area contributed by atoms with Gasteiger partial charge in [-0.1, -0.05) is 42.5 Å². The lowest BCUT2D eigenvalue weighted by atomic mass is 9.98. The van der Waals surface area contributed by atoms with Crippen LogP contribution in [0.2, 0.25) is 0 Å². The molecule has 31 heavy (non-hydrogen) atoms. The van der Waals surface area contributed by atoms with Crippen molar-refractivity contribution in [1.82, 2.24) is 14.9 Å². The van der Waals surface area contributed by atoms with Crippen LogP contribution in [0.4, 0.5) is 5.82 Å². The fourth-order valence-electron chi connectivity index (χ4n) is 4.29. The number of nitrogens with one attached hydrogen (secondary N) is 1. The molecule has 1 atom stereocenters. The minimum Gasteiger partial charge on any atom is -0.507 e. The van der Waals surface area contributed by atoms with Crippen LogP contribution >= 0.6 is 0 Å². The van der Waals surface area contributed by atoms with Crippen LogP contribution in [0.25, 0.3) is 33.2 Å². The Morgan fingerprint density at radius 3 is 2.61 bits per heavy atom. The maximum atomic E-state index is 12.6. The standard InChI is InChI=1S/C25H24N4O2/c26-24-25(31)29(20-6-3-11-27-14-20)15-22(28-24)21-13-19(9-10-23(21)30)18-8-7-16-4-1-2-5-17(16)12-18/h1-2,4-5,7-10,12-13,15,20,27,30H,3,6,11,14H2,(H2,26,28). The van der Waals surface area contributed by atoms with Crippen LogP contribution < -0.4 is 16.6 Å². The Bertz CT molecular complexity index is 1320. The molecule has 1 fully saturated rings. The first-order valence-electron chi connectivity index (χ1n) is 10.5. The molecule has 2 heterocycles. The highest BCUT2D eigenvalue weighted by molar-refractivity contribution is 5.88. The molecule has 0 bridgehead atoms. The molecule has 3 aromatic carbocycles. The Hall–Kier alpha value is -3.64. The lowest BCUT2D eigenvalue weighted by Gasteiger charge is -2.25. The third-order valence-electron chi connectivity index (χ3n) is 5.98. The van der Waals surface area contributed by atoms with Crippen molar-refractivity contribution in [1.29, 1.82) is 0 Å². The molecule has 1 aromatic heterocycles. The van der Waals surface area contributed by atoms with Crippen LogP contribution in [0.3, 0.4) is 0 Å². The summed E-state index contributed by atoms with van der Waals surface area (Å²) < 4.78 is 1.66. The van der Waals surface area contributed by atoms with E-state index in [0.717, 1.165) is 35.9 Å². The number of nitrogens with zero attached hydrogens (tertiary/aromatic N) is 2. The Labute approximate surface area is 180 Å². The minimum absolute atomic E-state index is 0.0242.